The number of isocyanates is 1. The Bertz CT molecular complexity index is 466. The van der Waals surface area contributed by atoms with Gasteiger partial charge in [0.25, 0.3) is 0 Å². The highest BCUT2D eigenvalue weighted by Gasteiger charge is 2.38. The van der Waals surface area contributed by atoms with Gasteiger partial charge in [-0.1, -0.05) is 24.3 Å². The zero-order valence-corrected chi connectivity index (χ0v) is 10.4. The van der Waals surface area contributed by atoms with Crippen molar-refractivity contribution < 1.29 is 9.53 Å². The van der Waals surface area contributed by atoms with Crippen LogP contribution in [0.1, 0.15) is 30.4 Å². The zero-order valence-electron chi connectivity index (χ0n) is 10.4. The van der Waals surface area contributed by atoms with Crippen molar-refractivity contribution in [2.75, 3.05) is 13.2 Å². The summed E-state index contributed by atoms with van der Waals surface area (Å²) in [5, 5.41) is 0. The van der Waals surface area contributed by atoms with Crippen LogP contribution in [0.25, 0.3) is 0 Å². The van der Waals surface area contributed by atoms with E-state index in [-0.39, 0.29) is 5.54 Å². The summed E-state index contributed by atoms with van der Waals surface area (Å²) in [4.78, 5) is 14.6. The normalized spacial score (nSPS) is 21.6. The number of carbonyl (C=O) groups excluding carboxylic acids is 1. The molecule has 0 atom stereocenters. The highest BCUT2D eigenvalue weighted by Crippen LogP contribution is 2.44. The third-order valence-corrected chi connectivity index (χ3v) is 4.16. The first kappa shape index (κ1) is 11.6. The molecule has 0 bridgehead atoms. The summed E-state index contributed by atoms with van der Waals surface area (Å²) in [5.41, 5.74) is 2.24. The minimum Gasteiger partial charge on any atom is -0.381 e. The lowest BCUT2D eigenvalue weighted by molar-refractivity contribution is -0.0312. The number of rotatable bonds is 4. The van der Waals surface area contributed by atoms with Gasteiger partial charge in [0.05, 0.1) is 18.8 Å². The molecule has 1 aromatic carbocycles. The molecule has 94 valence electrons. The van der Waals surface area contributed by atoms with Crippen molar-refractivity contribution in [1.29, 1.82) is 0 Å². The molecule has 1 aliphatic heterocycles. The molecule has 0 radical (unpaired) electrons. The van der Waals surface area contributed by atoms with Crippen molar-refractivity contribution in [3.63, 3.8) is 0 Å². The molecule has 1 aliphatic carbocycles. The van der Waals surface area contributed by atoms with E-state index in [0.29, 0.717) is 5.92 Å². The fourth-order valence-corrected chi connectivity index (χ4v) is 2.75. The van der Waals surface area contributed by atoms with Crippen LogP contribution < -0.4 is 0 Å². The second-order valence-electron chi connectivity index (χ2n) is 5.39. The van der Waals surface area contributed by atoms with E-state index in [2.05, 4.69) is 29.3 Å². The third-order valence-electron chi connectivity index (χ3n) is 4.16. The van der Waals surface area contributed by atoms with Crippen molar-refractivity contribution in [1.82, 2.24) is 0 Å². The quantitative estimate of drug-likeness (QED) is 0.602. The van der Waals surface area contributed by atoms with E-state index < -0.39 is 0 Å². The Balaban J connectivity index is 1.75. The fraction of sp³-hybridized carbons (Fsp3) is 0.533. The van der Waals surface area contributed by atoms with Gasteiger partial charge in [0.1, 0.15) is 0 Å². The van der Waals surface area contributed by atoms with E-state index >= 15 is 0 Å². The molecule has 0 N–H and O–H groups in total. The lowest BCUT2D eigenvalue weighted by Gasteiger charge is -2.37. The first-order valence-corrected chi connectivity index (χ1v) is 6.59. The summed E-state index contributed by atoms with van der Waals surface area (Å²) in [6.45, 7) is 1.78. The molecule has 3 heteroatoms. The highest BCUT2D eigenvalue weighted by atomic mass is 16.5. The van der Waals surface area contributed by atoms with E-state index in [4.69, 9.17) is 4.74 Å². The topological polar surface area (TPSA) is 38.7 Å². The van der Waals surface area contributed by atoms with E-state index in [9.17, 15) is 4.79 Å². The van der Waals surface area contributed by atoms with Gasteiger partial charge in [0.15, 0.2) is 0 Å². The van der Waals surface area contributed by atoms with Crippen LogP contribution in [0.5, 0.6) is 0 Å². The predicted molar refractivity (Wildman–Crippen MR) is 68.1 cm³/mol. The van der Waals surface area contributed by atoms with E-state index in [1.54, 1.807) is 6.08 Å². The van der Waals surface area contributed by atoms with Crippen LogP contribution in [0.15, 0.2) is 29.3 Å². The summed E-state index contributed by atoms with van der Waals surface area (Å²) in [7, 11) is 0. The summed E-state index contributed by atoms with van der Waals surface area (Å²) in [5.74, 6) is 0.682. The molecule has 2 fully saturated rings. The van der Waals surface area contributed by atoms with Crippen molar-refractivity contribution >= 4 is 6.08 Å². The average Bonchev–Trinajstić information content (AvgIpc) is 2.30. The van der Waals surface area contributed by atoms with Crippen molar-refractivity contribution in [3.05, 3.63) is 35.4 Å². The molecule has 1 heterocycles. The minimum absolute atomic E-state index is 0.264. The molecule has 0 amide bonds. The molecule has 0 aromatic heterocycles. The van der Waals surface area contributed by atoms with Gasteiger partial charge >= 0.3 is 0 Å². The second-order valence-corrected chi connectivity index (χ2v) is 5.39. The standard InChI is InChI=1S/C15H17NO2/c17-11-16-15(6-1-7-15)14-4-2-12(3-5-14)8-13-9-18-10-13/h2-5,13H,1,6-10H2. The number of benzene rings is 1. The van der Waals surface area contributed by atoms with Gasteiger partial charge < -0.3 is 4.74 Å². The average molecular weight is 243 g/mol. The minimum atomic E-state index is -0.264. The molecular formula is C15H17NO2. The van der Waals surface area contributed by atoms with E-state index in [0.717, 1.165) is 44.5 Å². The first-order chi connectivity index (χ1) is 8.82. The molecule has 3 rings (SSSR count). The van der Waals surface area contributed by atoms with Crippen LogP contribution >= 0.6 is 0 Å². The molecule has 1 saturated heterocycles. The maximum Gasteiger partial charge on any atom is 0.235 e. The molecule has 0 unspecified atom stereocenters. The van der Waals surface area contributed by atoms with Gasteiger partial charge in [0, 0.05) is 5.92 Å². The van der Waals surface area contributed by atoms with Crippen LogP contribution in [-0.4, -0.2) is 19.3 Å². The maximum absolute atomic E-state index is 10.5. The predicted octanol–water partition coefficient (Wildman–Crippen LogP) is 2.59. The highest BCUT2D eigenvalue weighted by molar-refractivity contribution is 5.40. The molecule has 2 aliphatic rings. The van der Waals surface area contributed by atoms with Crippen LogP contribution in [0.4, 0.5) is 0 Å². The molecule has 1 aromatic rings. The Morgan fingerprint density at radius 1 is 1.28 bits per heavy atom. The van der Waals surface area contributed by atoms with Gasteiger partial charge in [-0.3, -0.25) is 0 Å². The summed E-state index contributed by atoms with van der Waals surface area (Å²) >= 11 is 0. The van der Waals surface area contributed by atoms with Gasteiger partial charge in [-0.25, -0.2) is 4.79 Å². The SMILES string of the molecule is O=C=NC1(c2ccc(CC3COC3)cc2)CCC1. The molecule has 0 spiro atoms. The molecular weight excluding hydrogens is 226 g/mol. The largest absolute Gasteiger partial charge is 0.381 e. The first-order valence-electron chi connectivity index (χ1n) is 6.59. The van der Waals surface area contributed by atoms with Gasteiger partial charge in [-0.2, -0.15) is 4.99 Å². The van der Waals surface area contributed by atoms with Gasteiger partial charge in [-0.15, -0.1) is 0 Å². The van der Waals surface area contributed by atoms with Crippen LogP contribution in [0.2, 0.25) is 0 Å². The van der Waals surface area contributed by atoms with Crippen molar-refractivity contribution in [2.45, 2.75) is 31.2 Å². The number of hydrogen-bond acceptors (Lipinski definition) is 3. The zero-order chi connectivity index (χ0) is 12.4. The number of hydrogen-bond donors (Lipinski definition) is 0. The van der Waals surface area contributed by atoms with Crippen LogP contribution in [0, 0.1) is 5.92 Å². The molecule has 18 heavy (non-hydrogen) atoms. The lowest BCUT2D eigenvalue weighted by Crippen LogP contribution is -2.32. The van der Waals surface area contributed by atoms with Crippen molar-refractivity contribution in [2.24, 2.45) is 10.9 Å². The molecule has 3 nitrogen and oxygen atoms in total. The number of ether oxygens (including phenoxy) is 1. The van der Waals surface area contributed by atoms with Crippen LogP contribution in [-0.2, 0) is 21.5 Å². The smallest absolute Gasteiger partial charge is 0.235 e. The monoisotopic (exact) mass is 243 g/mol. The Morgan fingerprint density at radius 3 is 2.44 bits per heavy atom. The van der Waals surface area contributed by atoms with Gasteiger partial charge in [0.2, 0.25) is 6.08 Å². The fourth-order valence-electron chi connectivity index (χ4n) is 2.75. The van der Waals surface area contributed by atoms with Crippen LogP contribution in [0.3, 0.4) is 0 Å². The second kappa shape index (κ2) is 4.68. The summed E-state index contributed by atoms with van der Waals surface area (Å²) < 4.78 is 5.19. The van der Waals surface area contributed by atoms with E-state index in [1.165, 1.54) is 5.56 Å². The number of aliphatic imine (C=N–C) groups is 1. The molecule has 1 saturated carbocycles. The Morgan fingerprint density at radius 2 is 2.00 bits per heavy atom. The maximum atomic E-state index is 10.5. The Labute approximate surface area is 107 Å². The number of nitrogens with zero attached hydrogens (tertiary/aromatic N) is 1. The lowest BCUT2D eigenvalue weighted by atomic mass is 9.72. The van der Waals surface area contributed by atoms with E-state index in [1.807, 2.05) is 0 Å². The summed E-state index contributed by atoms with van der Waals surface area (Å²) in [6, 6.07) is 8.56. The van der Waals surface area contributed by atoms with Gasteiger partial charge in [-0.05, 0) is 36.8 Å². The summed E-state index contributed by atoms with van der Waals surface area (Å²) in [6.07, 6.45) is 5.91. The Hall–Kier alpha value is -1.44. The Kier molecular flexibility index (Phi) is 3.02. The third kappa shape index (κ3) is 2.00. The van der Waals surface area contributed by atoms with Crippen molar-refractivity contribution in [3.8, 4) is 0 Å².